The van der Waals surface area contributed by atoms with Crippen LogP contribution in [0.5, 0.6) is 5.75 Å². The van der Waals surface area contributed by atoms with Crippen LogP contribution in [0.2, 0.25) is 0 Å². The largest absolute Gasteiger partial charge is 0.508 e. The predicted octanol–water partition coefficient (Wildman–Crippen LogP) is 4.04. The van der Waals surface area contributed by atoms with Crippen molar-refractivity contribution in [3.63, 3.8) is 0 Å². The van der Waals surface area contributed by atoms with Crippen molar-refractivity contribution in [2.75, 3.05) is 0 Å². The Hall–Kier alpha value is -2.22. The van der Waals surface area contributed by atoms with Crippen molar-refractivity contribution < 1.29 is 9.52 Å². The van der Waals surface area contributed by atoms with Crippen molar-refractivity contribution in [2.45, 2.75) is 13.3 Å². The van der Waals surface area contributed by atoms with Crippen LogP contribution in [0.25, 0.3) is 11.0 Å². The second kappa shape index (κ2) is 4.22. The summed E-state index contributed by atoms with van der Waals surface area (Å²) in [6.45, 7) is 1.98. The molecule has 0 saturated carbocycles. The van der Waals surface area contributed by atoms with Gasteiger partial charge < -0.3 is 9.52 Å². The third-order valence-electron chi connectivity index (χ3n) is 3.17. The Morgan fingerprint density at radius 1 is 1.11 bits per heavy atom. The average Bonchev–Trinajstić information content (AvgIpc) is 2.73. The maximum absolute atomic E-state index is 9.79. The fourth-order valence-electron chi connectivity index (χ4n) is 2.26. The lowest BCUT2D eigenvalue weighted by atomic mass is 10.0. The molecule has 0 aliphatic heterocycles. The smallest absolute Gasteiger partial charge is 0.137 e. The molecule has 0 spiro atoms. The van der Waals surface area contributed by atoms with Gasteiger partial charge in [-0.2, -0.15) is 0 Å². The summed E-state index contributed by atoms with van der Waals surface area (Å²) in [6.07, 6.45) is 2.50. The second-order valence-corrected chi connectivity index (χ2v) is 4.56. The SMILES string of the molecule is Cc1coc2c(Cc3ccccc3)cc(O)cc12. The number of phenols is 1. The van der Waals surface area contributed by atoms with Crippen molar-refractivity contribution in [1.29, 1.82) is 0 Å². The highest BCUT2D eigenvalue weighted by Gasteiger charge is 2.10. The number of aromatic hydroxyl groups is 1. The Labute approximate surface area is 105 Å². The molecule has 0 radical (unpaired) electrons. The van der Waals surface area contributed by atoms with Gasteiger partial charge in [0, 0.05) is 17.4 Å². The summed E-state index contributed by atoms with van der Waals surface area (Å²) in [5.41, 5.74) is 4.15. The molecule has 3 rings (SSSR count). The van der Waals surface area contributed by atoms with Crippen LogP contribution >= 0.6 is 0 Å². The molecule has 0 amide bonds. The fraction of sp³-hybridized carbons (Fsp3) is 0.125. The molecule has 90 valence electrons. The predicted molar refractivity (Wildman–Crippen MR) is 71.9 cm³/mol. The molecule has 0 unspecified atom stereocenters. The number of fused-ring (bicyclic) bond motifs is 1. The van der Waals surface area contributed by atoms with Gasteiger partial charge in [-0.15, -0.1) is 0 Å². The monoisotopic (exact) mass is 238 g/mol. The van der Waals surface area contributed by atoms with E-state index in [0.29, 0.717) is 0 Å². The Bertz CT molecular complexity index is 681. The minimum Gasteiger partial charge on any atom is -0.508 e. The fourth-order valence-corrected chi connectivity index (χ4v) is 2.26. The third-order valence-corrected chi connectivity index (χ3v) is 3.17. The maximum atomic E-state index is 9.79. The van der Waals surface area contributed by atoms with E-state index in [1.165, 1.54) is 5.56 Å². The van der Waals surface area contributed by atoms with Crippen molar-refractivity contribution in [3.05, 3.63) is 65.4 Å². The topological polar surface area (TPSA) is 33.4 Å². The van der Waals surface area contributed by atoms with Gasteiger partial charge in [-0.25, -0.2) is 0 Å². The minimum atomic E-state index is 0.290. The van der Waals surface area contributed by atoms with Crippen LogP contribution in [0.4, 0.5) is 0 Å². The number of furan rings is 1. The zero-order chi connectivity index (χ0) is 12.5. The Kier molecular flexibility index (Phi) is 2.56. The van der Waals surface area contributed by atoms with E-state index in [1.807, 2.05) is 25.1 Å². The van der Waals surface area contributed by atoms with Gasteiger partial charge in [0.25, 0.3) is 0 Å². The van der Waals surface area contributed by atoms with Crippen LogP contribution in [-0.4, -0.2) is 5.11 Å². The highest BCUT2D eigenvalue weighted by molar-refractivity contribution is 5.85. The molecule has 0 fully saturated rings. The summed E-state index contributed by atoms with van der Waals surface area (Å²) in [7, 11) is 0. The van der Waals surface area contributed by atoms with E-state index in [0.717, 1.165) is 28.5 Å². The van der Waals surface area contributed by atoms with E-state index in [9.17, 15) is 5.11 Å². The summed E-state index contributed by atoms with van der Waals surface area (Å²) >= 11 is 0. The quantitative estimate of drug-likeness (QED) is 0.731. The van der Waals surface area contributed by atoms with E-state index in [4.69, 9.17) is 4.42 Å². The van der Waals surface area contributed by atoms with Gasteiger partial charge in [0.15, 0.2) is 0 Å². The van der Waals surface area contributed by atoms with Crippen LogP contribution in [0.1, 0.15) is 16.7 Å². The van der Waals surface area contributed by atoms with Crippen molar-refractivity contribution in [3.8, 4) is 5.75 Å². The van der Waals surface area contributed by atoms with Gasteiger partial charge in [-0.05, 0) is 30.2 Å². The van der Waals surface area contributed by atoms with E-state index in [2.05, 4.69) is 12.1 Å². The maximum Gasteiger partial charge on any atom is 0.137 e. The first-order chi connectivity index (χ1) is 8.74. The van der Waals surface area contributed by atoms with E-state index in [-0.39, 0.29) is 5.75 Å². The molecular weight excluding hydrogens is 224 g/mol. The van der Waals surface area contributed by atoms with E-state index < -0.39 is 0 Å². The Morgan fingerprint density at radius 3 is 2.67 bits per heavy atom. The first-order valence-corrected chi connectivity index (χ1v) is 5.97. The van der Waals surface area contributed by atoms with Gasteiger partial charge in [0.1, 0.15) is 11.3 Å². The molecule has 3 aromatic rings. The zero-order valence-electron chi connectivity index (χ0n) is 10.2. The molecule has 2 aromatic carbocycles. The average molecular weight is 238 g/mol. The lowest BCUT2D eigenvalue weighted by Gasteiger charge is -2.04. The summed E-state index contributed by atoms with van der Waals surface area (Å²) in [4.78, 5) is 0. The molecule has 1 N–H and O–H groups in total. The molecular formula is C16H14O2. The first-order valence-electron chi connectivity index (χ1n) is 5.97. The third kappa shape index (κ3) is 1.86. The number of hydrogen-bond donors (Lipinski definition) is 1. The number of aryl methyl sites for hydroxylation is 1. The Morgan fingerprint density at radius 2 is 1.89 bits per heavy atom. The molecule has 0 saturated heterocycles. The molecule has 18 heavy (non-hydrogen) atoms. The zero-order valence-corrected chi connectivity index (χ0v) is 10.2. The van der Waals surface area contributed by atoms with Gasteiger partial charge in [0.05, 0.1) is 6.26 Å². The van der Waals surface area contributed by atoms with Gasteiger partial charge in [-0.1, -0.05) is 30.3 Å². The van der Waals surface area contributed by atoms with Crippen molar-refractivity contribution in [1.82, 2.24) is 0 Å². The molecule has 0 aliphatic rings. The molecule has 1 aromatic heterocycles. The van der Waals surface area contributed by atoms with Gasteiger partial charge in [-0.3, -0.25) is 0 Å². The highest BCUT2D eigenvalue weighted by atomic mass is 16.3. The van der Waals surface area contributed by atoms with E-state index >= 15 is 0 Å². The summed E-state index contributed by atoms with van der Waals surface area (Å²) in [5.74, 6) is 0.290. The first kappa shape index (κ1) is 10.9. The number of hydrogen-bond acceptors (Lipinski definition) is 2. The van der Waals surface area contributed by atoms with Crippen LogP contribution in [0, 0.1) is 6.92 Å². The number of phenolic OH excluding ortho intramolecular Hbond substituents is 1. The summed E-state index contributed by atoms with van der Waals surface area (Å²) in [5, 5.41) is 10.8. The molecule has 0 bridgehead atoms. The van der Waals surface area contributed by atoms with Gasteiger partial charge >= 0.3 is 0 Å². The van der Waals surface area contributed by atoms with Crippen LogP contribution in [0.3, 0.4) is 0 Å². The minimum absolute atomic E-state index is 0.290. The van der Waals surface area contributed by atoms with Gasteiger partial charge in [0.2, 0.25) is 0 Å². The lowest BCUT2D eigenvalue weighted by molar-refractivity contribution is 0.475. The molecule has 2 heteroatoms. The Balaban J connectivity index is 2.11. The van der Waals surface area contributed by atoms with Crippen molar-refractivity contribution >= 4 is 11.0 Å². The molecule has 0 atom stereocenters. The normalized spacial score (nSPS) is 10.9. The summed E-state index contributed by atoms with van der Waals surface area (Å²) < 4.78 is 5.60. The number of rotatable bonds is 2. The van der Waals surface area contributed by atoms with Crippen LogP contribution in [-0.2, 0) is 6.42 Å². The molecule has 2 nitrogen and oxygen atoms in total. The highest BCUT2D eigenvalue weighted by Crippen LogP contribution is 2.30. The molecule has 1 heterocycles. The lowest BCUT2D eigenvalue weighted by Crippen LogP contribution is -1.88. The van der Waals surface area contributed by atoms with Crippen molar-refractivity contribution in [2.24, 2.45) is 0 Å². The van der Waals surface area contributed by atoms with Crippen LogP contribution < -0.4 is 0 Å². The second-order valence-electron chi connectivity index (χ2n) is 4.56. The standard InChI is InChI=1S/C16H14O2/c1-11-10-18-16-13(8-14(17)9-15(11)16)7-12-5-3-2-4-6-12/h2-6,8-10,17H,7H2,1H3. The number of benzene rings is 2. The van der Waals surface area contributed by atoms with Crippen LogP contribution in [0.15, 0.2) is 53.1 Å². The van der Waals surface area contributed by atoms with E-state index in [1.54, 1.807) is 18.4 Å². The molecule has 0 aliphatic carbocycles. The summed E-state index contributed by atoms with van der Waals surface area (Å²) in [6, 6.07) is 13.7.